The first-order chi connectivity index (χ1) is 14.1. The highest BCUT2D eigenvalue weighted by Gasteiger charge is 2.58. The second-order valence-corrected chi connectivity index (χ2v) is 11.2. The van der Waals surface area contributed by atoms with Crippen LogP contribution in [0.4, 0.5) is 4.39 Å². The lowest BCUT2D eigenvalue weighted by molar-refractivity contribution is -0.152. The van der Waals surface area contributed by atoms with Crippen LogP contribution in [0.3, 0.4) is 0 Å². The van der Waals surface area contributed by atoms with Crippen molar-refractivity contribution in [3.63, 3.8) is 0 Å². The van der Waals surface area contributed by atoms with E-state index in [0.717, 1.165) is 44.9 Å². The molecule has 0 spiro atoms. The molecule has 0 aliphatic heterocycles. The number of aliphatic hydroxyl groups is 1. The summed E-state index contributed by atoms with van der Waals surface area (Å²) < 4.78 is 19.2. The normalized spacial score (nSPS) is 44.7. The topological polar surface area (TPSA) is 46.5 Å². The van der Waals surface area contributed by atoms with Gasteiger partial charge in [-0.2, -0.15) is 0 Å². The summed E-state index contributed by atoms with van der Waals surface area (Å²) in [6, 6.07) is 0. The van der Waals surface area contributed by atoms with Gasteiger partial charge in [-0.3, -0.25) is 4.79 Å². The van der Waals surface area contributed by atoms with Crippen LogP contribution in [0.25, 0.3) is 0 Å². The van der Waals surface area contributed by atoms with E-state index < -0.39 is 11.9 Å². The Morgan fingerprint density at radius 1 is 1.20 bits per heavy atom. The maximum atomic E-state index is 13.7. The van der Waals surface area contributed by atoms with Crippen molar-refractivity contribution >= 4 is 5.97 Å². The molecule has 0 aromatic carbocycles. The molecule has 4 heteroatoms. The average Bonchev–Trinajstić information content (AvgIpc) is 3.03. The number of hydrogen-bond acceptors (Lipinski definition) is 3. The van der Waals surface area contributed by atoms with Crippen LogP contribution in [-0.2, 0) is 9.53 Å². The van der Waals surface area contributed by atoms with Crippen molar-refractivity contribution in [2.75, 3.05) is 0 Å². The lowest BCUT2D eigenvalue weighted by Gasteiger charge is -2.58. The predicted molar refractivity (Wildman–Crippen MR) is 116 cm³/mol. The van der Waals surface area contributed by atoms with Crippen molar-refractivity contribution in [2.24, 2.45) is 40.4 Å². The second kappa shape index (κ2) is 7.76. The van der Waals surface area contributed by atoms with Crippen molar-refractivity contribution in [2.45, 2.75) is 91.3 Å². The molecule has 168 valence electrons. The Kier molecular flexibility index (Phi) is 5.70. The van der Waals surface area contributed by atoms with Crippen LogP contribution in [0.2, 0.25) is 0 Å². The van der Waals surface area contributed by atoms with Crippen molar-refractivity contribution in [1.29, 1.82) is 0 Å². The van der Waals surface area contributed by atoms with E-state index in [2.05, 4.69) is 26.5 Å². The van der Waals surface area contributed by atoms with E-state index >= 15 is 0 Å². The molecule has 0 heterocycles. The lowest BCUT2D eigenvalue weighted by Crippen LogP contribution is -2.50. The first kappa shape index (κ1) is 22.0. The summed E-state index contributed by atoms with van der Waals surface area (Å²) in [6.07, 6.45) is 10.3. The number of esters is 1. The van der Waals surface area contributed by atoms with Gasteiger partial charge >= 0.3 is 5.97 Å². The molecule has 4 aliphatic rings. The molecule has 3 fully saturated rings. The van der Waals surface area contributed by atoms with Gasteiger partial charge < -0.3 is 9.84 Å². The zero-order valence-corrected chi connectivity index (χ0v) is 19.1. The Hall–Kier alpha value is -1.16. The summed E-state index contributed by atoms with van der Waals surface area (Å²) in [6.45, 7) is 11.7. The highest BCUT2D eigenvalue weighted by atomic mass is 19.1. The minimum atomic E-state index is -1.05. The molecule has 0 aromatic rings. The highest BCUT2D eigenvalue weighted by Crippen LogP contribution is 2.67. The summed E-state index contributed by atoms with van der Waals surface area (Å²) in [7, 11) is 0. The molecule has 3 saturated carbocycles. The second-order valence-electron chi connectivity index (χ2n) is 11.2. The van der Waals surface area contributed by atoms with E-state index in [9.17, 15) is 14.3 Å². The molecule has 4 aliphatic carbocycles. The fourth-order valence-corrected chi connectivity index (χ4v) is 8.22. The Labute approximate surface area is 181 Å². The Bertz CT molecular complexity index is 745. The molecule has 0 aromatic heterocycles. The maximum Gasteiger partial charge on any atom is 0.302 e. The Morgan fingerprint density at radius 3 is 2.53 bits per heavy atom. The van der Waals surface area contributed by atoms with Gasteiger partial charge in [0.1, 0.15) is 18.0 Å². The standard InChI is InChI=1S/C26H39FO3/c1-15(24(29)16(2)27)21-8-9-22-20-7-6-18-14-19(30-17(3)28)10-12-25(18,4)23(20)11-13-26(21,22)5/h7,15,18-19,21-24,29H,2,6,8-14H2,1,3-5H3/t15?,18?,19-,21?,22?,23?,24?,25-,26+/m0/s1. The minimum Gasteiger partial charge on any atom is -0.463 e. The summed E-state index contributed by atoms with van der Waals surface area (Å²) in [5.74, 6) is 1.23. The largest absolute Gasteiger partial charge is 0.463 e. The predicted octanol–water partition coefficient (Wildman–Crippen LogP) is 5.98. The molecule has 30 heavy (non-hydrogen) atoms. The van der Waals surface area contributed by atoms with E-state index in [4.69, 9.17) is 4.74 Å². The third-order valence-corrected chi connectivity index (χ3v) is 9.89. The number of halogens is 1. The van der Waals surface area contributed by atoms with Crippen LogP contribution in [0, 0.1) is 40.4 Å². The summed E-state index contributed by atoms with van der Waals surface area (Å²) in [5.41, 5.74) is 2.08. The van der Waals surface area contributed by atoms with Gasteiger partial charge in [-0.15, -0.1) is 0 Å². The first-order valence-electron chi connectivity index (χ1n) is 12.0. The quantitative estimate of drug-likeness (QED) is 0.451. The molecule has 1 N–H and O–H groups in total. The molecule has 0 amide bonds. The number of rotatable bonds is 4. The molecular formula is C26H39FO3. The van der Waals surface area contributed by atoms with E-state index in [1.165, 1.54) is 13.3 Å². The number of allylic oxidation sites excluding steroid dienone is 2. The summed E-state index contributed by atoms with van der Waals surface area (Å²) in [4.78, 5) is 11.4. The Balaban J connectivity index is 1.56. The number of aliphatic hydroxyl groups excluding tert-OH is 1. The number of ether oxygens (including phenoxy) is 1. The van der Waals surface area contributed by atoms with Crippen LogP contribution < -0.4 is 0 Å². The third kappa shape index (κ3) is 3.38. The van der Waals surface area contributed by atoms with Crippen LogP contribution >= 0.6 is 0 Å². The van der Waals surface area contributed by atoms with Crippen LogP contribution in [0.1, 0.15) is 79.1 Å². The molecule has 6 unspecified atom stereocenters. The van der Waals surface area contributed by atoms with Gasteiger partial charge in [-0.05, 0) is 91.8 Å². The minimum absolute atomic E-state index is 0.0800. The van der Waals surface area contributed by atoms with E-state index in [1.54, 1.807) is 5.57 Å². The van der Waals surface area contributed by atoms with Gasteiger partial charge in [-0.1, -0.05) is 39.0 Å². The van der Waals surface area contributed by atoms with Gasteiger partial charge in [0.05, 0.1) is 0 Å². The summed E-state index contributed by atoms with van der Waals surface area (Å²) in [5, 5.41) is 10.4. The molecular weight excluding hydrogens is 379 g/mol. The third-order valence-electron chi connectivity index (χ3n) is 9.89. The van der Waals surface area contributed by atoms with Crippen molar-refractivity contribution in [3.8, 4) is 0 Å². The highest BCUT2D eigenvalue weighted by molar-refractivity contribution is 5.66. The van der Waals surface area contributed by atoms with Crippen LogP contribution in [0.15, 0.2) is 24.1 Å². The smallest absolute Gasteiger partial charge is 0.302 e. The fourth-order valence-electron chi connectivity index (χ4n) is 8.22. The zero-order valence-electron chi connectivity index (χ0n) is 19.1. The van der Waals surface area contributed by atoms with Gasteiger partial charge in [-0.25, -0.2) is 4.39 Å². The number of carbonyl (C=O) groups is 1. The van der Waals surface area contributed by atoms with Crippen LogP contribution in [-0.4, -0.2) is 23.3 Å². The van der Waals surface area contributed by atoms with Crippen molar-refractivity contribution in [1.82, 2.24) is 0 Å². The summed E-state index contributed by atoms with van der Waals surface area (Å²) >= 11 is 0. The molecule has 0 bridgehead atoms. The van der Waals surface area contributed by atoms with Crippen molar-refractivity contribution in [3.05, 3.63) is 24.1 Å². The van der Waals surface area contributed by atoms with E-state index in [-0.39, 0.29) is 23.4 Å². The van der Waals surface area contributed by atoms with E-state index in [1.807, 2.05) is 6.92 Å². The van der Waals surface area contributed by atoms with Gasteiger partial charge in [0.25, 0.3) is 0 Å². The zero-order chi connectivity index (χ0) is 21.8. The fraction of sp³-hybridized carbons (Fsp3) is 0.808. The van der Waals surface area contributed by atoms with Gasteiger partial charge in [0, 0.05) is 6.92 Å². The number of carbonyl (C=O) groups excluding carboxylic acids is 1. The molecule has 3 nitrogen and oxygen atoms in total. The lowest BCUT2D eigenvalue weighted by atomic mass is 9.47. The SMILES string of the molecule is C=C(F)C(O)C(C)C1CCC2C3=CCC4C[C@@H](OC(C)=O)CC[C@]4(C)C3CC[C@@]21C. The molecule has 9 atom stereocenters. The van der Waals surface area contributed by atoms with Gasteiger partial charge in [0.15, 0.2) is 0 Å². The monoisotopic (exact) mass is 418 g/mol. The van der Waals surface area contributed by atoms with Gasteiger partial charge in [0.2, 0.25) is 0 Å². The molecule has 0 radical (unpaired) electrons. The van der Waals surface area contributed by atoms with Crippen LogP contribution in [0.5, 0.6) is 0 Å². The molecule has 4 rings (SSSR count). The maximum absolute atomic E-state index is 13.7. The first-order valence-corrected chi connectivity index (χ1v) is 12.0. The van der Waals surface area contributed by atoms with E-state index in [0.29, 0.717) is 29.1 Å². The average molecular weight is 419 g/mol. The number of hydrogen-bond donors (Lipinski definition) is 1. The Morgan fingerprint density at radius 2 is 1.87 bits per heavy atom. The van der Waals surface area contributed by atoms with Crippen molar-refractivity contribution < 1.29 is 19.0 Å². The molecule has 0 saturated heterocycles. The number of fused-ring (bicyclic) bond motifs is 5.